The minimum absolute atomic E-state index is 0.255. The Balaban J connectivity index is 1.59. The van der Waals surface area contributed by atoms with Crippen molar-refractivity contribution in [2.24, 2.45) is 0 Å². The van der Waals surface area contributed by atoms with E-state index in [1.807, 2.05) is 31.2 Å². The molecule has 2 aromatic carbocycles. The summed E-state index contributed by atoms with van der Waals surface area (Å²) in [4.78, 5) is 16.4. The Morgan fingerprint density at radius 3 is 2.39 bits per heavy atom. The summed E-state index contributed by atoms with van der Waals surface area (Å²) in [6, 6.07) is 15.7. The summed E-state index contributed by atoms with van der Waals surface area (Å²) in [5, 5.41) is 5.73. The topological polar surface area (TPSA) is 54.0 Å². The number of benzene rings is 2. The highest BCUT2D eigenvalue weighted by atomic mass is 19.4. The van der Waals surface area contributed by atoms with E-state index in [2.05, 4.69) is 15.6 Å². The van der Waals surface area contributed by atoms with Crippen LogP contribution in [0.25, 0.3) is 0 Å². The summed E-state index contributed by atoms with van der Waals surface area (Å²) in [6.45, 7) is 2.39. The first kappa shape index (κ1) is 19.4. The molecule has 4 nitrogen and oxygen atoms in total. The van der Waals surface area contributed by atoms with Gasteiger partial charge < -0.3 is 10.6 Å². The van der Waals surface area contributed by atoms with Crippen LogP contribution in [-0.4, -0.2) is 10.9 Å². The van der Waals surface area contributed by atoms with Crippen molar-refractivity contribution in [2.75, 3.05) is 5.32 Å². The minimum Gasteiger partial charge on any atom is -0.348 e. The normalized spacial score (nSPS) is 11.1. The summed E-state index contributed by atoms with van der Waals surface area (Å²) in [5.41, 5.74) is 2.27. The Kier molecular flexibility index (Phi) is 5.63. The van der Waals surface area contributed by atoms with E-state index in [0.29, 0.717) is 23.6 Å². The van der Waals surface area contributed by atoms with E-state index in [9.17, 15) is 18.0 Å². The van der Waals surface area contributed by atoms with Crippen LogP contribution in [0.5, 0.6) is 0 Å². The summed E-state index contributed by atoms with van der Waals surface area (Å²) >= 11 is 0. The second-order valence-electron chi connectivity index (χ2n) is 6.30. The quantitative estimate of drug-likeness (QED) is 0.644. The summed E-state index contributed by atoms with van der Waals surface area (Å²) in [5.74, 6) is 0.171. The summed E-state index contributed by atoms with van der Waals surface area (Å²) in [7, 11) is 0. The molecule has 0 saturated heterocycles. The molecular weight excluding hydrogens is 367 g/mol. The molecule has 3 aromatic rings. The SMILES string of the molecule is Cc1cccc(CNC(=O)c2ccc(Nc3ccc(C(F)(F)F)cc3)nc2)c1. The third kappa shape index (κ3) is 5.09. The van der Waals surface area contributed by atoms with E-state index >= 15 is 0 Å². The minimum atomic E-state index is -4.37. The van der Waals surface area contributed by atoms with Gasteiger partial charge in [-0.1, -0.05) is 29.8 Å². The fourth-order valence-electron chi connectivity index (χ4n) is 2.60. The molecule has 2 N–H and O–H groups in total. The molecule has 0 spiro atoms. The molecule has 3 rings (SSSR count). The Bertz CT molecular complexity index is 952. The first-order chi connectivity index (χ1) is 13.3. The monoisotopic (exact) mass is 385 g/mol. The third-order valence-corrected chi connectivity index (χ3v) is 4.05. The van der Waals surface area contributed by atoms with Gasteiger partial charge in [-0.05, 0) is 48.9 Å². The average Bonchev–Trinajstić information content (AvgIpc) is 2.66. The fraction of sp³-hybridized carbons (Fsp3) is 0.143. The van der Waals surface area contributed by atoms with Crippen LogP contribution in [0.2, 0.25) is 0 Å². The molecule has 0 saturated carbocycles. The van der Waals surface area contributed by atoms with Crippen LogP contribution in [0.3, 0.4) is 0 Å². The highest BCUT2D eigenvalue weighted by molar-refractivity contribution is 5.94. The molecule has 7 heteroatoms. The van der Waals surface area contributed by atoms with Gasteiger partial charge in [0.2, 0.25) is 0 Å². The molecule has 1 aromatic heterocycles. The Labute approximate surface area is 160 Å². The van der Waals surface area contributed by atoms with Crippen LogP contribution in [-0.2, 0) is 12.7 Å². The molecule has 144 valence electrons. The average molecular weight is 385 g/mol. The molecule has 0 aliphatic carbocycles. The van der Waals surface area contributed by atoms with Crippen molar-refractivity contribution in [2.45, 2.75) is 19.6 Å². The lowest BCUT2D eigenvalue weighted by molar-refractivity contribution is -0.137. The molecule has 0 radical (unpaired) electrons. The number of hydrogen-bond donors (Lipinski definition) is 2. The number of pyridine rings is 1. The number of anilines is 2. The Morgan fingerprint density at radius 1 is 1.04 bits per heavy atom. The van der Waals surface area contributed by atoms with Crippen LogP contribution >= 0.6 is 0 Å². The zero-order valence-corrected chi connectivity index (χ0v) is 15.0. The Morgan fingerprint density at radius 2 is 1.79 bits per heavy atom. The smallest absolute Gasteiger partial charge is 0.348 e. The highest BCUT2D eigenvalue weighted by Gasteiger charge is 2.29. The highest BCUT2D eigenvalue weighted by Crippen LogP contribution is 2.30. The van der Waals surface area contributed by atoms with E-state index in [1.54, 1.807) is 12.1 Å². The van der Waals surface area contributed by atoms with Gasteiger partial charge in [-0.2, -0.15) is 13.2 Å². The Hall–Kier alpha value is -3.35. The van der Waals surface area contributed by atoms with Gasteiger partial charge in [0.25, 0.3) is 5.91 Å². The molecule has 0 bridgehead atoms. The summed E-state index contributed by atoms with van der Waals surface area (Å²) in [6.07, 6.45) is -2.96. The lowest BCUT2D eigenvalue weighted by Crippen LogP contribution is -2.22. The van der Waals surface area contributed by atoms with Gasteiger partial charge in [-0.25, -0.2) is 4.98 Å². The van der Waals surface area contributed by atoms with Gasteiger partial charge in [-0.3, -0.25) is 4.79 Å². The van der Waals surface area contributed by atoms with Crippen molar-refractivity contribution in [1.82, 2.24) is 10.3 Å². The zero-order chi connectivity index (χ0) is 20.1. The number of aryl methyl sites for hydroxylation is 1. The van der Waals surface area contributed by atoms with Crippen molar-refractivity contribution >= 4 is 17.4 Å². The second kappa shape index (κ2) is 8.12. The predicted octanol–water partition coefficient (Wildman–Crippen LogP) is 5.08. The molecule has 0 aliphatic rings. The van der Waals surface area contributed by atoms with Crippen molar-refractivity contribution in [3.05, 3.63) is 89.1 Å². The van der Waals surface area contributed by atoms with Gasteiger partial charge in [0.1, 0.15) is 5.82 Å². The largest absolute Gasteiger partial charge is 0.416 e. The number of nitrogens with one attached hydrogen (secondary N) is 2. The predicted molar refractivity (Wildman–Crippen MR) is 101 cm³/mol. The maximum Gasteiger partial charge on any atom is 0.416 e. The van der Waals surface area contributed by atoms with Crippen LogP contribution in [0.15, 0.2) is 66.9 Å². The number of aromatic nitrogens is 1. The molecule has 0 atom stereocenters. The number of nitrogens with zero attached hydrogens (tertiary/aromatic N) is 1. The number of alkyl halides is 3. The fourth-order valence-corrected chi connectivity index (χ4v) is 2.60. The van der Waals surface area contributed by atoms with Gasteiger partial charge >= 0.3 is 6.18 Å². The van der Waals surface area contributed by atoms with Crippen molar-refractivity contribution in [1.29, 1.82) is 0 Å². The number of carbonyl (C=O) groups excluding carboxylic acids is 1. The number of rotatable bonds is 5. The van der Waals surface area contributed by atoms with Gasteiger partial charge in [0, 0.05) is 18.4 Å². The van der Waals surface area contributed by atoms with Gasteiger partial charge in [0.05, 0.1) is 11.1 Å². The molecule has 1 amide bonds. The van der Waals surface area contributed by atoms with Gasteiger partial charge in [-0.15, -0.1) is 0 Å². The maximum atomic E-state index is 12.6. The van der Waals surface area contributed by atoms with E-state index in [0.717, 1.165) is 23.3 Å². The second-order valence-corrected chi connectivity index (χ2v) is 6.30. The van der Waals surface area contributed by atoms with Crippen LogP contribution in [0.1, 0.15) is 27.0 Å². The zero-order valence-electron chi connectivity index (χ0n) is 15.0. The number of hydrogen-bond acceptors (Lipinski definition) is 3. The molecule has 1 heterocycles. The maximum absolute atomic E-state index is 12.6. The molecule has 0 unspecified atom stereocenters. The first-order valence-corrected chi connectivity index (χ1v) is 8.55. The molecule has 0 aliphatic heterocycles. The third-order valence-electron chi connectivity index (χ3n) is 4.05. The molecule has 28 heavy (non-hydrogen) atoms. The number of amides is 1. The van der Waals surface area contributed by atoms with E-state index in [1.165, 1.54) is 18.3 Å². The van der Waals surface area contributed by atoms with Crippen molar-refractivity contribution in [3.63, 3.8) is 0 Å². The summed E-state index contributed by atoms with van der Waals surface area (Å²) < 4.78 is 37.8. The standard InChI is InChI=1S/C21H18F3N3O/c1-14-3-2-4-15(11-14)12-26-20(28)16-5-10-19(25-13-16)27-18-8-6-17(7-9-18)21(22,23)24/h2-11,13H,12H2,1H3,(H,25,27)(H,26,28). The van der Waals surface area contributed by atoms with Crippen LogP contribution < -0.4 is 10.6 Å². The van der Waals surface area contributed by atoms with Crippen molar-refractivity contribution in [3.8, 4) is 0 Å². The van der Waals surface area contributed by atoms with E-state index in [-0.39, 0.29) is 5.91 Å². The van der Waals surface area contributed by atoms with E-state index < -0.39 is 11.7 Å². The van der Waals surface area contributed by atoms with Crippen molar-refractivity contribution < 1.29 is 18.0 Å². The first-order valence-electron chi connectivity index (χ1n) is 8.55. The van der Waals surface area contributed by atoms with Gasteiger partial charge in [0.15, 0.2) is 0 Å². The lowest BCUT2D eigenvalue weighted by atomic mass is 10.1. The van der Waals surface area contributed by atoms with Crippen LogP contribution in [0, 0.1) is 6.92 Å². The van der Waals surface area contributed by atoms with Crippen LogP contribution in [0.4, 0.5) is 24.7 Å². The lowest BCUT2D eigenvalue weighted by Gasteiger charge is -2.10. The molecule has 0 fully saturated rings. The molecular formula is C21H18F3N3O. The van der Waals surface area contributed by atoms with E-state index in [4.69, 9.17) is 0 Å². The number of halogens is 3. The number of carbonyl (C=O) groups is 1.